The summed E-state index contributed by atoms with van der Waals surface area (Å²) in [6.07, 6.45) is -0.0989. The van der Waals surface area contributed by atoms with Crippen LogP contribution in [0, 0.1) is 0 Å². The zero-order chi connectivity index (χ0) is 15.9. The van der Waals surface area contributed by atoms with Gasteiger partial charge in [-0.3, -0.25) is 4.79 Å². The van der Waals surface area contributed by atoms with Crippen LogP contribution in [0.2, 0.25) is 0 Å². The molecule has 8 heteroatoms. The molecule has 2 rings (SSSR count). The van der Waals surface area contributed by atoms with Crippen LogP contribution in [0.1, 0.15) is 25.2 Å². The molecule has 7 nitrogen and oxygen atoms in total. The molecule has 1 aromatic carbocycles. The third-order valence-electron chi connectivity index (χ3n) is 3.24. The topological polar surface area (TPSA) is 103 Å². The van der Waals surface area contributed by atoms with Crippen molar-refractivity contribution >= 4 is 18.3 Å². The summed E-state index contributed by atoms with van der Waals surface area (Å²) in [5.74, 6) is 0.679. The molecular weight excluding hydrogens is 320 g/mol. The first kappa shape index (κ1) is 19.1. The SMILES string of the molecule is COC(CN)CC(=O)NC(C)c1noc(-c2ccccc2)n1.Cl. The van der Waals surface area contributed by atoms with Crippen LogP contribution < -0.4 is 11.1 Å². The Morgan fingerprint density at radius 2 is 2.09 bits per heavy atom. The van der Waals surface area contributed by atoms with Crippen LogP contribution in [-0.4, -0.2) is 35.8 Å². The molecule has 0 saturated carbocycles. The number of nitrogens with one attached hydrogen (secondary N) is 1. The first-order valence-corrected chi connectivity index (χ1v) is 7.05. The molecule has 0 aliphatic carbocycles. The van der Waals surface area contributed by atoms with Crippen LogP contribution in [0.15, 0.2) is 34.9 Å². The number of ether oxygens (including phenoxy) is 1. The fraction of sp³-hybridized carbons (Fsp3) is 0.400. The smallest absolute Gasteiger partial charge is 0.257 e. The minimum absolute atomic E-state index is 0. The standard InChI is InChI=1S/C15H20N4O3.ClH/c1-10(17-13(20)8-12(9-16)21-2)14-18-15(22-19-14)11-6-4-3-5-7-11;/h3-7,10,12H,8-9,16H2,1-2H3,(H,17,20);1H. The molecule has 23 heavy (non-hydrogen) atoms. The van der Waals surface area contributed by atoms with Crippen molar-refractivity contribution in [1.82, 2.24) is 15.5 Å². The molecule has 1 aromatic heterocycles. The lowest BCUT2D eigenvalue weighted by Gasteiger charge is -2.14. The number of hydrogen-bond donors (Lipinski definition) is 2. The van der Waals surface area contributed by atoms with Gasteiger partial charge in [-0.25, -0.2) is 0 Å². The Morgan fingerprint density at radius 3 is 2.70 bits per heavy atom. The predicted molar refractivity (Wildman–Crippen MR) is 88.0 cm³/mol. The average molecular weight is 341 g/mol. The van der Waals surface area contributed by atoms with Crippen molar-refractivity contribution in [2.45, 2.75) is 25.5 Å². The fourth-order valence-electron chi connectivity index (χ4n) is 1.94. The number of halogens is 1. The number of nitrogens with two attached hydrogens (primary N) is 1. The number of methoxy groups -OCH3 is 1. The van der Waals surface area contributed by atoms with E-state index in [1.54, 1.807) is 6.92 Å². The first-order valence-electron chi connectivity index (χ1n) is 7.05. The Kier molecular flexibility index (Phi) is 7.67. The van der Waals surface area contributed by atoms with Gasteiger partial charge in [0.15, 0.2) is 5.82 Å². The second kappa shape index (κ2) is 9.24. The van der Waals surface area contributed by atoms with E-state index in [1.807, 2.05) is 30.3 Å². The first-order chi connectivity index (χ1) is 10.6. The van der Waals surface area contributed by atoms with Crippen molar-refractivity contribution < 1.29 is 14.1 Å². The Labute approximate surface area is 141 Å². The summed E-state index contributed by atoms with van der Waals surface area (Å²) < 4.78 is 10.3. The van der Waals surface area contributed by atoms with Crippen LogP contribution in [0.3, 0.4) is 0 Å². The molecule has 3 N–H and O–H groups in total. The van der Waals surface area contributed by atoms with Crippen molar-refractivity contribution in [3.63, 3.8) is 0 Å². The van der Waals surface area contributed by atoms with E-state index in [9.17, 15) is 4.79 Å². The molecule has 0 radical (unpaired) electrons. The Balaban J connectivity index is 0.00000264. The minimum atomic E-state index is -0.357. The lowest BCUT2D eigenvalue weighted by Crippen LogP contribution is -2.33. The summed E-state index contributed by atoms with van der Waals surface area (Å²) in [5, 5.41) is 6.71. The number of benzene rings is 1. The lowest BCUT2D eigenvalue weighted by molar-refractivity contribution is -0.124. The Bertz CT molecular complexity index is 602. The molecule has 0 aliphatic rings. The van der Waals surface area contributed by atoms with Crippen LogP contribution in [-0.2, 0) is 9.53 Å². The number of aromatic nitrogens is 2. The summed E-state index contributed by atoms with van der Waals surface area (Å²) in [5.41, 5.74) is 6.33. The summed E-state index contributed by atoms with van der Waals surface area (Å²) in [7, 11) is 1.53. The molecule has 0 aliphatic heterocycles. The maximum Gasteiger partial charge on any atom is 0.257 e. The predicted octanol–water partition coefficient (Wildman–Crippen LogP) is 1.70. The molecule has 1 amide bonds. The monoisotopic (exact) mass is 340 g/mol. The van der Waals surface area contributed by atoms with Gasteiger partial charge in [-0.15, -0.1) is 12.4 Å². The van der Waals surface area contributed by atoms with E-state index in [0.717, 1.165) is 5.56 Å². The van der Waals surface area contributed by atoms with E-state index in [-0.39, 0.29) is 36.9 Å². The van der Waals surface area contributed by atoms with E-state index in [2.05, 4.69) is 15.5 Å². The maximum atomic E-state index is 11.9. The normalized spacial score (nSPS) is 13.0. The van der Waals surface area contributed by atoms with Gasteiger partial charge in [0.1, 0.15) is 0 Å². The van der Waals surface area contributed by atoms with Crippen molar-refractivity contribution in [1.29, 1.82) is 0 Å². The van der Waals surface area contributed by atoms with Crippen molar-refractivity contribution in [3.8, 4) is 11.5 Å². The number of nitrogens with zero attached hydrogens (tertiary/aromatic N) is 2. The van der Waals surface area contributed by atoms with Crippen molar-refractivity contribution in [2.75, 3.05) is 13.7 Å². The maximum absolute atomic E-state index is 11.9. The number of carbonyl (C=O) groups excluding carboxylic acids is 1. The van der Waals surface area contributed by atoms with E-state index < -0.39 is 0 Å². The molecular formula is C15H21ClN4O3. The number of rotatable bonds is 7. The number of amides is 1. The molecule has 0 spiro atoms. The van der Waals surface area contributed by atoms with Gasteiger partial charge in [-0.1, -0.05) is 23.4 Å². The summed E-state index contributed by atoms with van der Waals surface area (Å²) in [6, 6.07) is 9.09. The highest BCUT2D eigenvalue weighted by atomic mass is 35.5. The van der Waals surface area contributed by atoms with E-state index in [4.69, 9.17) is 15.0 Å². The van der Waals surface area contributed by atoms with Crippen LogP contribution >= 0.6 is 12.4 Å². The lowest BCUT2D eigenvalue weighted by atomic mass is 10.2. The highest BCUT2D eigenvalue weighted by Crippen LogP contribution is 2.18. The molecule has 1 heterocycles. The highest BCUT2D eigenvalue weighted by molar-refractivity contribution is 5.85. The molecule has 0 saturated heterocycles. The fourth-order valence-corrected chi connectivity index (χ4v) is 1.94. The quantitative estimate of drug-likeness (QED) is 0.795. The summed E-state index contributed by atoms with van der Waals surface area (Å²) >= 11 is 0. The van der Waals surface area contributed by atoms with Gasteiger partial charge in [0.25, 0.3) is 5.89 Å². The second-order valence-electron chi connectivity index (χ2n) is 4.91. The van der Waals surface area contributed by atoms with E-state index >= 15 is 0 Å². The van der Waals surface area contributed by atoms with Gasteiger partial charge in [0.05, 0.1) is 18.6 Å². The van der Waals surface area contributed by atoms with Crippen molar-refractivity contribution in [2.24, 2.45) is 5.73 Å². The Morgan fingerprint density at radius 1 is 1.39 bits per heavy atom. The molecule has 2 atom stereocenters. The zero-order valence-corrected chi connectivity index (χ0v) is 13.9. The third kappa shape index (κ3) is 5.31. The zero-order valence-electron chi connectivity index (χ0n) is 13.1. The molecule has 0 bridgehead atoms. The highest BCUT2D eigenvalue weighted by Gasteiger charge is 2.18. The minimum Gasteiger partial charge on any atom is -0.380 e. The van der Waals surface area contributed by atoms with Gasteiger partial charge in [-0.05, 0) is 19.1 Å². The number of carbonyl (C=O) groups is 1. The third-order valence-corrected chi connectivity index (χ3v) is 3.24. The largest absolute Gasteiger partial charge is 0.380 e. The van der Waals surface area contributed by atoms with Gasteiger partial charge >= 0.3 is 0 Å². The Hall–Kier alpha value is -1.96. The van der Waals surface area contributed by atoms with Gasteiger partial charge in [0, 0.05) is 19.2 Å². The van der Waals surface area contributed by atoms with E-state index in [1.165, 1.54) is 7.11 Å². The van der Waals surface area contributed by atoms with Crippen LogP contribution in [0.4, 0.5) is 0 Å². The van der Waals surface area contributed by atoms with Crippen LogP contribution in [0.25, 0.3) is 11.5 Å². The molecule has 0 fully saturated rings. The molecule has 2 unspecified atom stereocenters. The summed E-state index contributed by atoms with van der Waals surface area (Å²) in [6.45, 7) is 2.08. The molecule has 2 aromatic rings. The van der Waals surface area contributed by atoms with Gasteiger partial charge < -0.3 is 20.3 Å². The van der Waals surface area contributed by atoms with Crippen LogP contribution in [0.5, 0.6) is 0 Å². The second-order valence-corrected chi connectivity index (χ2v) is 4.91. The van der Waals surface area contributed by atoms with E-state index in [0.29, 0.717) is 18.3 Å². The van der Waals surface area contributed by atoms with Gasteiger partial charge in [0.2, 0.25) is 5.91 Å². The van der Waals surface area contributed by atoms with Gasteiger partial charge in [-0.2, -0.15) is 4.98 Å². The molecule has 126 valence electrons. The number of hydrogen-bond acceptors (Lipinski definition) is 6. The van der Waals surface area contributed by atoms with Crippen molar-refractivity contribution in [3.05, 3.63) is 36.2 Å². The summed E-state index contributed by atoms with van der Waals surface area (Å²) in [4.78, 5) is 16.2. The average Bonchev–Trinajstić information content (AvgIpc) is 3.03.